The molecule has 2 amide bonds. The number of phenolic OH excluding ortho intramolecular Hbond substituents is 1. The van der Waals surface area contributed by atoms with Crippen LogP contribution in [0, 0.1) is 11.8 Å². The van der Waals surface area contributed by atoms with Gasteiger partial charge in [-0.1, -0.05) is 68.5 Å². The van der Waals surface area contributed by atoms with E-state index >= 15 is 0 Å². The van der Waals surface area contributed by atoms with Gasteiger partial charge < -0.3 is 34.6 Å². The number of rotatable bonds is 7. The Kier molecular flexibility index (Phi) is 15.8. The molecule has 3 rings (SSSR count). The van der Waals surface area contributed by atoms with E-state index in [0.717, 1.165) is 5.57 Å². The number of Topliss-reactive ketones (excluding diaryl/α,β-unsaturated/α-hetero) is 1. The Morgan fingerprint density at radius 1 is 1.04 bits per heavy atom. The maximum atomic E-state index is 14.2. The second-order valence-corrected chi connectivity index (χ2v) is 13.6. The summed E-state index contributed by atoms with van der Waals surface area (Å²) in [5.74, 6) is -3.83. The van der Waals surface area contributed by atoms with Crippen molar-refractivity contribution in [2.45, 2.75) is 90.7 Å². The van der Waals surface area contributed by atoms with Crippen LogP contribution in [0.3, 0.4) is 0 Å². The fourth-order valence-electron chi connectivity index (χ4n) is 6.07. The van der Waals surface area contributed by atoms with Crippen LogP contribution in [0.1, 0.15) is 71.1 Å². The molecular weight excluding hydrogens is 664 g/mol. The first-order chi connectivity index (χ1) is 24.7. The summed E-state index contributed by atoms with van der Waals surface area (Å²) in [5.41, 5.74) is 2.45. The normalized spacial score (nSPS) is 26.6. The minimum absolute atomic E-state index is 0.0231. The van der Waals surface area contributed by atoms with Gasteiger partial charge in [0.15, 0.2) is 23.4 Å². The number of aromatic hydroxyl groups is 1. The van der Waals surface area contributed by atoms with E-state index in [4.69, 9.17) is 14.2 Å². The number of carbonyl (C=O) groups is 4. The van der Waals surface area contributed by atoms with Gasteiger partial charge in [-0.15, -0.1) is 0 Å². The van der Waals surface area contributed by atoms with Gasteiger partial charge in [-0.2, -0.15) is 0 Å². The standard InChI is InChI=1S/C41H54N2O9/c1-25(2)36-41(49)52-34(38(46)30-17-10-9-11-18-30)20-14-16-26(3)33(50-7)19-13-12-15-27(4)37(45)28(5)40(48)43(6)31(39(47)42-36)23-29-21-22-32(44)35(24-29)51-8/h9-11,14-18,20-22,24-25,28,31,33-34,36,38,44,46H,12-13,19,23H2,1-8H3,(H,42,47)/b20-14+,26-16+,27-15+. The number of amides is 2. The Morgan fingerprint density at radius 3 is 2.37 bits per heavy atom. The molecule has 2 aromatic carbocycles. The zero-order valence-electron chi connectivity index (χ0n) is 31.5. The van der Waals surface area contributed by atoms with Crippen molar-refractivity contribution in [2.24, 2.45) is 11.8 Å². The number of ketones is 1. The zero-order chi connectivity index (χ0) is 38.5. The molecule has 0 aliphatic carbocycles. The second-order valence-electron chi connectivity index (χ2n) is 13.6. The highest BCUT2D eigenvalue weighted by Crippen LogP contribution is 2.28. The Labute approximate surface area is 307 Å². The summed E-state index contributed by atoms with van der Waals surface area (Å²) in [6, 6.07) is 11.1. The number of benzene rings is 2. The summed E-state index contributed by atoms with van der Waals surface area (Å²) < 4.78 is 16.9. The van der Waals surface area contributed by atoms with Gasteiger partial charge in [0, 0.05) is 20.6 Å². The van der Waals surface area contributed by atoms with Crippen molar-refractivity contribution in [1.29, 1.82) is 0 Å². The van der Waals surface area contributed by atoms with Crippen molar-refractivity contribution in [1.82, 2.24) is 10.2 Å². The zero-order valence-corrected chi connectivity index (χ0v) is 31.5. The van der Waals surface area contributed by atoms with Crippen LogP contribution in [0.5, 0.6) is 11.5 Å². The van der Waals surface area contributed by atoms with Crippen LogP contribution in [0.15, 0.2) is 84.0 Å². The maximum Gasteiger partial charge on any atom is 0.329 e. The maximum absolute atomic E-state index is 14.2. The number of allylic oxidation sites excluding steroid dienone is 4. The van der Waals surface area contributed by atoms with Gasteiger partial charge in [0.1, 0.15) is 18.2 Å². The molecule has 0 saturated heterocycles. The quantitative estimate of drug-likeness (QED) is 0.252. The third-order valence-corrected chi connectivity index (χ3v) is 9.44. The Hall–Kier alpha value is -4.74. The van der Waals surface area contributed by atoms with E-state index in [0.29, 0.717) is 36.0 Å². The van der Waals surface area contributed by atoms with Gasteiger partial charge in [0.05, 0.1) is 19.1 Å². The van der Waals surface area contributed by atoms with Crippen LogP contribution in [0.4, 0.5) is 0 Å². The van der Waals surface area contributed by atoms with Crippen molar-refractivity contribution in [3.05, 3.63) is 95.1 Å². The summed E-state index contributed by atoms with van der Waals surface area (Å²) in [7, 11) is 4.47. The summed E-state index contributed by atoms with van der Waals surface area (Å²) >= 11 is 0. The lowest BCUT2D eigenvalue weighted by Gasteiger charge is -2.32. The third kappa shape index (κ3) is 11.1. The van der Waals surface area contributed by atoms with E-state index in [2.05, 4.69) is 5.32 Å². The van der Waals surface area contributed by atoms with Crippen LogP contribution in [0.25, 0.3) is 0 Å². The number of nitrogens with zero attached hydrogens (tertiary/aromatic N) is 1. The molecule has 0 bridgehead atoms. The lowest BCUT2D eigenvalue weighted by Crippen LogP contribution is -2.56. The van der Waals surface area contributed by atoms with Crippen LogP contribution in [-0.4, -0.2) is 84.2 Å². The summed E-state index contributed by atoms with van der Waals surface area (Å²) in [4.78, 5) is 56.6. The number of hydrogen-bond acceptors (Lipinski definition) is 9. The molecular formula is C41H54N2O9. The van der Waals surface area contributed by atoms with E-state index in [1.54, 1.807) is 76.4 Å². The predicted octanol–water partition coefficient (Wildman–Crippen LogP) is 5.41. The molecule has 0 fully saturated rings. The number of cyclic esters (lactones) is 1. The van der Waals surface area contributed by atoms with E-state index in [1.807, 2.05) is 25.1 Å². The fourth-order valence-corrected chi connectivity index (χ4v) is 6.07. The van der Waals surface area contributed by atoms with Crippen LogP contribution < -0.4 is 10.1 Å². The molecule has 52 heavy (non-hydrogen) atoms. The molecule has 11 heteroatoms. The number of carbonyl (C=O) groups excluding carboxylic acids is 4. The number of phenols is 1. The van der Waals surface area contributed by atoms with Gasteiger partial charge in [-0.3, -0.25) is 14.4 Å². The van der Waals surface area contributed by atoms with Gasteiger partial charge >= 0.3 is 5.97 Å². The molecule has 1 heterocycles. The van der Waals surface area contributed by atoms with Gasteiger partial charge in [-0.25, -0.2) is 4.79 Å². The monoisotopic (exact) mass is 718 g/mol. The number of likely N-dealkylation sites (N-methyl/N-ethyl adjacent to an activating group) is 1. The largest absolute Gasteiger partial charge is 0.504 e. The van der Waals surface area contributed by atoms with Crippen LogP contribution in [-0.2, 0) is 35.1 Å². The second kappa shape index (κ2) is 19.8. The highest BCUT2D eigenvalue weighted by Gasteiger charge is 2.37. The first-order valence-corrected chi connectivity index (χ1v) is 17.6. The molecule has 0 spiro atoms. The molecule has 1 aliphatic heterocycles. The number of aliphatic hydroxyl groups excluding tert-OH is 1. The van der Waals surface area contributed by atoms with Gasteiger partial charge in [-0.05, 0) is 86.4 Å². The Bertz CT molecular complexity index is 1630. The summed E-state index contributed by atoms with van der Waals surface area (Å²) in [6.07, 6.45) is 6.36. The molecule has 0 aromatic heterocycles. The molecule has 3 N–H and O–H groups in total. The summed E-state index contributed by atoms with van der Waals surface area (Å²) in [5, 5.41) is 24.3. The lowest BCUT2D eigenvalue weighted by atomic mass is 9.95. The molecule has 2 aromatic rings. The SMILES string of the molecule is COc1cc(CC2C(=O)NC(C(C)C)C(=O)OC(C(O)c3ccccc3)/C=C/C=C(\C)C(OC)CCC/C=C(\C)C(=O)C(C)C(=O)N2C)ccc1O. The molecule has 1 aliphatic rings. The highest BCUT2D eigenvalue weighted by molar-refractivity contribution is 6.09. The van der Waals surface area contributed by atoms with E-state index in [9.17, 15) is 29.4 Å². The molecule has 282 valence electrons. The van der Waals surface area contributed by atoms with Crippen molar-refractivity contribution >= 4 is 23.6 Å². The van der Waals surface area contributed by atoms with Crippen LogP contribution >= 0.6 is 0 Å². The Balaban J connectivity index is 2.10. The summed E-state index contributed by atoms with van der Waals surface area (Å²) in [6.45, 7) is 8.60. The number of ether oxygens (including phenoxy) is 3. The number of methoxy groups -OCH3 is 2. The topological polar surface area (TPSA) is 152 Å². The number of aliphatic hydroxyl groups is 1. The molecule has 6 atom stereocenters. The molecule has 11 nitrogen and oxygen atoms in total. The van der Waals surface area contributed by atoms with E-state index in [-0.39, 0.29) is 29.8 Å². The van der Waals surface area contributed by atoms with E-state index in [1.165, 1.54) is 32.0 Å². The number of hydrogen-bond donors (Lipinski definition) is 3. The average molecular weight is 719 g/mol. The smallest absolute Gasteiger partial charge is 0.329 e. The first-order valence-electron chi connectivity index (χ1n) is 17.6. The third-order valence-electron chi connectivity index (χ3n) is 9.44. The molecule has 0 radical (unpaired) electrons. The number of esters is 1. The Morgan fingerprint density at radius 2 is 1.73 bits per heavy atom. The lowest BCUT2D eigenvalue weighted by molar-refractivity contribution is -0.157. The molecule has 0 saturated carbocycles. The average Bonchev–Trinajstić information content (AvgIpc) is 3.14. The minimum atomic E-state index is -1.21. The van der Waals surface area contributed by atoms with Crippen molar-refractivity contribution in [2.75, 3.05) is 21.3 Å². The highest BCUT2D eigenvalue weighted by atomic mass is 16.6. The van der Waals surface area contributed by atoms with E-state index < -0.39 is 53.9 Å². The van der Waals surface area contributed by atoms with Gasteiger partial charge in [0.2, 0.25) is 11.8 Å². The van der Waals surface area contributed by atoms with Crippen molar-refractivity contribution in [3.63, 3.8) is 0 Å². The predicted molar refractivity (Wildman–Crippen MR) is 198 cm³/mol. The van der Waals surface area contributed by atoms with Gasteiger partial charge in [0.25, 0.3) is 0 Å². The van der Waals surface area contributed by atoms with Crippen molar-refractivity contribution in [3.8, 4) is 11.5 Å². The van der Waals surface area contributed by atoms with Crippen LogP contribution in [0.2, 0.25) is 0 Å². The first kappa shape index (κ1) is 41.7. The number of nitrogens with one attached hydrogen (secondary N) is 1. The minimum Gasteiger partial charge on any atom is -0.504 e. The molecule has 6 unspecified atom stereocenters. The van der Waals surface area contributed by atoms with Crippen molar-refractivity contribution < 1.29 is 43.6 Å². The fraction of sp³-hybridized carbons (Fsp3) is 0.463.